The standard InChI is InChI=1S/C8H7NO3S.CH3NO/c1-13(10,11)8-9-6-4-2-3-5-7(6)12-8;2-1-3/h2-5H,1H3;1H,(H2,2,3). The van der Waals surface area contributed by atoms with Gasteiger partial charge in [0.2, 0.25) is 16.2 Å². The molecule has 0 spiro atoms. The minimum absolute atomic E-state index is 0.228. The van der Waals surface area contributed by atoms with Crippen molar-refractivity contribution in [3.8, 4) is 0 Å². The van der Waals surface area contributed by atoms with E-state index >= 15 is 0 Å². The molecule has 7 heteroatoms. The molecule has 2 N–H and O–H groups in total. The summed E-state index contributed by atoms with van der Waals surface area (Å²) in [5, 5.41) is -0.228. The second-order valence-corrected chi connectivity index (χ2v) is 4.75. The van der Waals surface area contributed by atoms with E-state index in [1.54, 1.807) is 24.3 Å². The fourth-order valence-corrected chi connectivity index (χ4v) is 1.51. The maximum absolute atomic E-state index is 11.0. The van der Waals surface area contributed by atoms with Crippen LogP contribution in [0.1, 0.15) is 0 Å². The van der Waals surface area contributed by atoms with Crippen molar-refractivity contribution >= 4 is 27.3 Å². The Bertz CT molecular complexity index is 555. The number of oxazole rings is 1. The number of primary amides is 1. The van der Waals surface area contributed by atoms with Gasteiger partial charge in [-0.3, -0.25) is 4.79 Å². The first-order valence-corrected chi connectivity index (χ1v) is 6.09. The number of carbonyl (C=O) groups is 1. The summed E-state index contributed by atoms with van der Waals surface area (Å²) in [5.41, 5.74) is 5.21. The minimum Gasteiger partial charge on any atom is -0.428 e. The number of para-hydroxylation sites is 2. The summed E-state index contributed by atoms with van der Waals surface area (Å²) in [6.07, 6.45) is 1.32. The molecule has 2 aromatic rings. The van der Waals surface area contributed by atoms with Gasteiger partial charge in [-0.2, -0.15) is 4.98 Å². The van der Waals surface area contributed by atoms with Gasteiger partial charge in [0.05, 0.1) is 0 Å². The third-order valence-corrected chi connectivity index (χ3v) is 2.40. The molecule has 0 aliphatic rings. The zero-order chi connectivity index (χ0) is 12.2. The maximum atomic E-state index is 11.0. The lowest BCUT2D eigenvalue weighted by Gasteiger charge is -1.85. The molecule has 1 heterocycles. The molecular formula is C9H10N2O4S. The summed E-state index contributed by atoms with van der Waals surface area (Å²) in [6, 6.07) is 6.92. The summed E-state index contributed by atoms with van der Waals surface area (Å²) in [4.78, 5) is 12.4. The first-order chi connectivity index (χ1) is 7.49. The normalized spacial score (nSPS) is 10.6. The first-order valence-electron chi connectivity index (χ1n) is 4.20. The van der Waals surface area contributed by atoms with Crippen LogP contribution in [0.15, 0.2) is 33.9 Å². The Morgan fingerprint density at radius 1 is 1.38 bits per heavy atom. The molecule has 86 valence electrons. The van der Waals surface area contributed by atoms with Gasteiger partial charge < -0.3 is 10.2 Å². The Hall–Kier alpha value is -1.89. The van der Waals surface area contributed by atoms with Crippen LogP contribution in [0.3, 0.4) is 0 Å². The van der Waals surface area contributed by atoms with Crippen molar-refractivity contribution in [1.82, 2.24) is 4.98 Å². The number of sulfone groups is 1. The van der Waals surface area contributed by atoms with Gasteiger partial charge in [0.1, 0.15) is 5.52 Å². The molecule has 0 aliphatic heterocycles. The number of fused-ring (bicyclic) bond motifs is 1. The second-order valence-electron chi connectivity index (χ2n) is 2.86. The van der Waals surface area contributed by atoms with E-state index < -0.39 is 9.84 Å². The van der Waals surface area contributed by atoms with Crippen molar-refractivity contribution in [2.75, 3.05) is 6.26 Å². The number of aromatic nitrogens is 1. The number of hydrogen-bond donors (Lipinski definition) is 1. The number of hydrogen-bond acceptors (Lipinski definition) is 5. The summed E-state index contributed by atoms with van der Waals surface area (Å²) >= 11 is 0. The van der Waals surface area contributed by atoms with E-state index in [1.165, 1.54) is 0 Å². The van der Waals surface area contributed by atoms with E-state index in [1.807, 2.05) is 0 Å². The van der Waals surface area contributed by atoms with Crippen molar-refractivity contribution in [3.63, 3.8) is 0 Å². The summed E-state index contributed by atoms with van der Waals surface area (Å²) < 4.78 is 27.1. The Morgan fingerprint density at radius 2 is 1.94 bits per heavy atom. The largest absolute Gasteiger partial charge is 0.428 e. The first kappa shape index (κ1) is 12.2. The number of amides is 1. The Kier molecular flexibility index (Phi) is 3.62. The molecule has 0 saturated carbocycles. The van der Waals surface area contributed by atoms with Crippen molar-refractivity contribution in [1.29, 1.82) is 0 Å². The van der Waals surface area contributed by atoms with Crippen LogP contribution < -0.4 is 5.73 Å². The van der Waals surface area contributed by atoms with E-state index in [9.17, 15) is 8.42 Å². The minimum atomic E-state index is -3.34. The van der Waals surface area contributed by atoms with Crippen LogP contribution >= 0.6 is 0 Å². The molecule has 0 atom stereocenters. The van der Waals surface area contributed by atoms with Crippen LogP contribution in [0.5, 0.6) is 0 Å². The third-order valence-electron chi connectivity index (χ3n) is 1.59. The fourth-order valence-electron chi connectivity index (χ4n) is 1.01. The molecule has 0 saturated heterocycles. The van der Waals surface area contributed by atoms with Crippen LogP contribution in [0.2, 0.25) is 0 Å². The number of rotatable bonds is 1. The van der Waals surface area contributed by atoms with E-state index in [4.69, 9.17) is 9.21 Å². The van der Waals surface area contributed by atoms with E-state index in [-0.39, 0.29) is 11.6 Å². The van der Waals surface area contributed by atoms with Crippen molar-refractivity contribution in [2.24, 2.45) is 5.73 Å². The highest BCUT2D eigenvalue weighted by molar-refractivity contribution is 7.90. The molecule has 1 amide bonds. The summed E-state index contributed by atoms with van der Waals surface area (Å²) in [7, 11) is -3.34. The Balaban J connectivity index is 0.000000386. The molecule has 0 aliphatic carbocycles. The van der Waals surface area contributed by atoms with Crippen LogP contribution in [-0.4, -0.2) is 26.1 Å². The van der Waals surface area contributed by atoms with Crippen LogP contribution in [-0.2, 0) is 14.6 Å². The number of benzene rings is 1. The van der Waals surface area contributed by atoms with Crippen LogP contribution in [0, 0.1) is 0 Å². The molecule has 1 aromatic heterocycles. The smallest absolute Gasteiger partial charge is 0.315 e. The predicted octanol–water partition coefficient (Wildman–Crippen LogP) is 0.333. The fraction of sp³-hybridized carbons (Fsp3) is 0.111. The average molecular weight is 242 g/mol. The Labute approximate surface area is 92.0 Å². The van der Waals surface area contributed by atoms with Gasteiger partial charge in [0.15, 0.2) is 5.58 Å². The van der Waals surface area contributed by atoms with Crippen LogP contribution in [0.4, 0.5) is 0 Å². The lowest BCUT2D eigenvalue weighted by molar-refractivity contribution is -0.106. The van der Waals surface area contributed by atoms with E-state index in [2.05, 4.69) is 10.7 Å². The molecule has 16 heavy (non-hydrogen) atoms. The third kappa shape index (κ3) is 2.80. The van der Waals surface area contributed by atoms with Gasteiger partial charge >= 0.3 is 5.22 Å². The van der Waals surface area contributed by atoms with Gasteiger partial charge in [-0.1, -0.05) is 12.1 Å². The van der Waals surface area contributed by atoms with E-state index in [0.717, 1.165) is 6.26 Å². The monoisotopic (exact) mass is 242 g/mol. The molecule has 6 nitrogen and oxygen atoms in total. The zero-order valence-electron chi connectivity index (χ0n) is 8.45. The van der Waals surface area contributed by atoms with Crippen molar-refractivity contribution < 1.29 is 17.6 Å². The summed E-state index contributed by atoms with van der Waals surface area (Å²) in [6.45, 7) is 0. The highest BCUT2D eigenvalue weighted by Gasteiger charge is 2.14. The zero-order valence-corrected chi connectivity index (χ0v) is 9.27. The lowest BCUT2D eigenvalue weighted by Crippen LogP contribution is -1.96. The van der Waals surface area contributed by atoms with Crippen molar-refractivity contribution in [3.05, 3.63) is 24.3 Å². The SMILES string of the molecule is CS(=O)(=O)c1nc2ccccc2o1.NC=O. The second kappa shape index (κ2) is 4.75. The van der Waals surface area contributed by atoms with E-state index in [0.29, 0.717) is 11.1 Å². The van der Waals surface area contributed by atoms with Gasteiger partial charge in [-0.05, 0) is 12.1 Å². The highest BCUT2D eigenvalue weighted by Crippen LogP contribution is 2.17. The topological polar surface area (TPSA) is 103 Å². The molecule has 0 unspecified atom stereocenters. The number of carbonyl (C=O) groups excluding carboxylic acids is 1. The number of nitrogens with two attached hydrogens (primary N) is 1. The van der Waals surface area contributed by atoms with Gasteiger partial charge in [-0.15, -0.1) is 0 Å². The van der Waals surface area contributed by atoms with Crippen LogP contribution in [0.25, 0.3) is 11.1 Å². The molecule has 0 bridgehead atoms. The highest BCUT2D eigenvalue weighted by atomic mass is 32.2. The molecule has 2 rings (SSSR count). The average Bonchev–Trinajstić information content (AvgIpc) is 2.61. The van der Waals surface area contributed by atoms with Crippen molar-refractivity contribution in [2.45, 2.75) is 5.22 Å². The van der Waals surface area contributed by atoms with Gasteiger partial charge in [-0.25, -0.2) is 8.42 Å². The summed E-state index contributed by atoms with van der Waals surface area (Å²) in [5.74, 6) is 0. The molecular weight excluding hydrogens is 232 g/mol. The molecule has 0 fully saturated rings. The molecule has 0 radical (unpaired) electrons. The maximum Gasteiger partial charge on any atom is 0.315 e. The Morgan fingerprint density at radius 3 is 2.44 bits per heavy atom. The predicted molar refractivity (Wildman–Crippen MR) is 57.4 cm³/mol. The lowest BCUT2D eigenvalue weighted by atomic mass is 10.3. The van der Waals surface area contributed by atoms with Gasteiger partial charge in [0.25, 0.3) is 0 Å². The molecule has 1 aromatic carbocycles. The number of nitrogens with zero attached hydrogens (tertiary/aromatic N) is 1. The quantitative estimate of drug-likeness (QED) is 0.726. The van der Waals surface area contributed by atoms with Gasteiger partial charge in [0, 0.05) is 6.26 Å².